The SMILES string of the molecule is CC(C)COc1ccc(C(=O)Nc2nc3ccc(CO)cc3s2)cc1C#N. The Kier molecular flexibility index (Phi) is 5.69. The third-order valence-corrected chi connectivity index (χ3v) is 4.72. The second-order valence-corrected chi connectivity index (χ2v) is 7.49. The third kappa shape index (κ3) is 4.42. The molecule has 2 N–H and O–H groups in total. The molecule has 0 aliphatic heterocycles. The van der Waals surface area contributed by atoms with Crippen LogP contribution in [0.5, 0.6) is 5.75 Å². The summed E-state index contributed by atoms with van der Waals surface area (Å²) in [5, 5.41) is 21.8. The Balaban J connectivity index is 1.78. The number of nitrogens with one attached hydrogen (secondary N) is 1. The molecule has 27 heavy (non-hydrogen) atoms. The molecule has 0 bridgehead atoms. The number of aliphatic hydroxyl groups is 1. The summed E-state index contributed by atoms with van der Waals surface area (Å²) in [6, 6.07) is 12.3. The number of thiazole rings is 1. The number of benzene rings is 2. The first-order valence-electron chi connectivity index (χ1n) is 8.48. The monoisotopic (exact) mass is 381 g/mol. The van der Waals surface area contributed by atoms with Gasteiger partial charge in [0.05, 0.1) is 29.0 Å². The Bertz CT molecular complexity index is 1020. The first-order valence-corrected chi connectivity index (χ1v) is 9.30. The lowest BCUT2D eigenvalue weighted by molar-refractivity contribution is 0.102. The Morgan fingerprint density at radius 3 is 2.85 bits per heavy atom. The lowest BCUT2D eigenvalue weighted by Crippen LogP contribution is -2.12. The number of carbonyl (C=O) groups is 1. The molecule has 1 amide bonds. The van der Waals surface area contributed by atoms with E-state index >= 15 is 0 Å². The average Bonchev–Trinajstić information content (AvgIpc) is 3.07. The number of hydrogen-bond acceptors (Lipinski definition) is 6. The Hall–Kier alpha value is -2.95. The lowest BCUT2D eigenvalue weighted by Gasteiger charge is -2.11. The Morgan fingerprint density at radius 1 is 1.33 bits per heavy atom. The second-order valence-electron chi connectivity index (χ2n) is 6.46. The van der Waals surface area contributed by atoms with E-state index in [1.165, 1.54) is 17.4 Å². The molecule has 0 radical (unpaired) electrons. The summed E-state index contributed by atoms with van der Waals surface area (Å²) < 4.78 is 6.50. The van der Waals surface area contributed by atoms with Crippen molar-refractivity contribution in [3.63, 3.8) is 0 Å². The van der Waals surface area contributed by atoms with Gasteiger partial charge in [0.2, 0.25) is 0 Å². The first kappa shape index (κ1) is 18.8. The normalized spacial score (nSPS) is 10.8. The number of amides is 1. The van der Waals surface area contributed by atoms with Gasteiger partial charge in [0.15, 0.2) is 5.13 Å². The zero-order chi connectivity index (χ0) is 19.4. The maximum atomic E-state index is 12.5. The number of aromatic nitrogens is 1. The number of hydrogen-bond donors (Lipinski definition) is 2. The van der Waals surface area contributed by atoms with Gasteiger partial charge in [0.25, 0.3) is 5.91 Å². The zero-order valence-corrected chi connectivity index (χ0v) is 15.8. The van der Waals surface area contributed by atoms with E-state index in [0.717, 1.165) is 15.8 Å². The Morgan fingerprint density at radius 2 is 2.15 bits per heavy atom. The first-order chi connectivity index (χ1) is 13.0. The van der Waals surface area contributed by atoms with Gasteiger partial charge in [-0.15, -0.1) is 0 Å². The largest absolute Gasteiger partial charge is 0.492 e. The van der Waals surface area contributed by atoms with Gasteiger partial charge in [0.1, 0.15) is 11.8 Å². The van der Waals surface area contributed by atoms with Crippen LogP contribution in [-0.2, 0) is 6.61 Å². The molecule has 0 saturated carbocycles. The van der Waals surface area contributed by atoms with Crippen LogP contribution in [0.4, 0.5) is 5.13 Å². The van der Waals surface area contributed by atoms with Crippen LogP contribution in [0.25, 0.3) is 10.2 Å². The summed E-state index contributed by atoms with van der Waals surface area (Å²) in [7, 11) is 0. The van der Waals surface area contributed by atoms with Crippen LogP contribution < -0.4 is 10.1 Å². The van der Waals surface area contributed by atoms with Crippen molar-refractivity contribution in [2.45, 2.75) is 20.5 Å². The number of anilines is 1. The van der Waals surface area contributed by atoms with E-state index in [9.17, 15) is 15.2 Å². The summed E-state index contributed by atoms with van der Waals surface area (Å²) >= 11 is 1.33. The number of ether oxygens (including phenoxy) is 1. The van der Waals surface area contributed by atoms with Crippen molar-refractivity contribution < 1.29 is 14.6 Å². The highest BCUT2D eigenvalue weighted by Gasteiger charge is 2.13. The molecule has 0 spiro atoms. The molecule has 1 aromatic heterocycles. The topological polar surface area (TPSA) is 95.2 Å². The fourth-order valence-corrected chi connectivity index (χ4v) is 3.36. The van der Waals surface area contributed by atoms with Gasteiger partial charge in [-0.05, 0) is 41.8 Å². The molecule has 3 aromatic rings. The molecule has 0 atom stereocenters. The van der Waals surface area contributed by atoms with Crippen molar-refractivity contribution in [2.75, 3.05) is 11.9 Å². The van der Waals surface area contributed by atoms with Crippen LogP contribution in [0.1, 0.15) is 35.3 Å². The maximum Gasteiger partial charge on any atom is 0.257 e. The standard InChI is InChI=1S/C20H19N3O3S/c1-12(2)11-26-17-6-4-14(8-15(17)9-21)19(25)23-20-22-16-5-3-13(10-24)7-18(16)27-20/h3-8,12,24H,10-11H2,1-2H3,(H,22,23,25). The van der Waals surface area contributed by atoms with Crippen LogP contribution in [0.3, 0.4) is 0 Å². The van der Waals surface area contributed by atoms with Gasteiger partial charge in [-0.2, -0.15) is 5.26 Å². The van der Waals surface area contributed by atoms with Crippen molar-refractivity contribution in [2.24, 2.45) is 5.92 Å². The molecule has 7 heteroatoms. The second kappa shape index (κ2) is 8.16. The highest BCUT2D eigenvalue weighted by molar-refractivity contribution is 7.22. The fourth-order valence-electron chi connectivity index (χ4n) is 2.43. The molecule has 0 aliphatic rings. The minimum Gasteiger partial charge on any atom is -0.492 e. The number of nitrogens with zero attached hydrogens (tertiary/aromatic N) is 2. The highest BCUT2D eigenvalue weighted by Crippen LogP contribution is 2.28. The number of fused-ring (bicyclic) bond motifs is 1. The molecule has 1 heterocycles. The van der Waals surface area contributed by atoms with Crippen molar-refractivity contribution in [3.8, 4) is 11.8 Å². The predicted molar refractivity (Wildman–Crippen MR) is 105 cm³/mol. The van der Waals surface area contributed by atoms with E-state index in [1.54, 1.807) is 18.2 Å². The molecular weight excluding hydrogens is 362 g/mol. The van der Waals surface area contributed by atoms with E-state index < -0.39 is 0 Å². The number of aliphatic hydroxyl groups excluding tert-OH is 1. The summed E-state index contributed by atoms with van der Waals surface area (Å²) in [6.07, 6.45) is 0. The van der Waals surface area contributed by atoms with Crippen LogP contribution in [0.15, 0.2) is 36.4 Å². The molecule has 0 aliphatic carbocycles. The molecule has 0 saturated heterocycles. The van der Waals surface area contributed by atoms with E-state index in [2.05, 4.69) is 16.4 Å². The molecule has 0 fully saturated rings. The minimum atomic E-state index is -0.344. The predicted octanol–water partition coefficient (Wildman–Crippen LogP) is 3.95. The highest BCUT2D eigenvalue weighted by atomic mass is 32.1. The molecule has 138 valence electrons. The van der Waals surface area contributed by atoms with Crippen LogP contribution in [0, 0.1) is 17.2 Å². The maximum absolute atomic E-state index is 12.5. The summed E-state index contributed by atoms with van der Waals surface area (Å²) in [5.41, 5.74) is 2.22. The van der Waals surface area contributed by atoms with Gasteiger partial charge >= 0.3 is 0 Å². The minimum absolute atomic E-state index is 0.0440. The average molecular weight is 381 g/mol. The van der Waals surface area contributed by atoms with Crippen LogP contribution in [0.2, 0.25) is 0 Å². The molecular formula is C20H19N3O3S. The molecule has 2 aromatic carbocycles. The van der Waals surface area contributed by atoms with Gasteiger partial charge in [-0.25, -0.2) is 4.98 Å². The van der Waals surface area contributed by atoms with E-state index in [1.807, 2.05) is 26.0 Å². The zero-order valence-electron chi connectivity index (χ0n) is 15.0. The van der Waals surface area contributed by atoms with Gasteiger partial charge < -0.3 is 9.84 Å². The fraction of sp³-hybridized carbons (Fsp3) is 0.250. The third-order valence-electron chi connectivity index (χ3n) is 3.79. The summed E-state index contributed by atoms with van der Waals surface area (Å²) in [6.45, 7) is 4.50. The van der Waals surface area contributed by atoms with E-state index in [4.69, 9.17) is 4.74 Å². The van der Waals surface area contributed by atoms with E-state index in [-0.39, 0.29) is 12.5 Å². The van der Waals surface area contributed by atoms with Crippen LogP contribution >= 0.6 is 11.3 Å². The van der Waals surface area contributed by atoms with E-state index in [0.29, 0.717) is 34.5 Å². The summed E-state index contributed by atoms with van der Waals surface area (Å²) in [5.74, 6) is 0.465. The van der Waals surface area contributed by atoms with Crippen molar-refractivity contribution in [1.82, 2.24) is 4.98 Å². The number of carbonyl (C=O) groups excluding carboxylic acids is 1. The van der Waals surface area contributed by atoms with Crippen molar-refractivity contribution >= 4 is 32.6 Å². The molecule has 3 rings (SSSR count). The number of rotatable bonds is 6. The van der Waals surface area contributed by atoms with Gasteiger partial charge in [-0.1, -0.05) is 31.3 Å². The number of nitriles is 1. The van der Waals surface area contributed by atoms with Gasteiger partial charge in [-0.3, -0.25) is 10.1 Å². The van der Waals surface area contributed by atoms with Crippen molar-refractivity contribution in [1.29, 1.82) is 5.26 Å². The van der Waals surface area contributed by atoms with Crippen LogP contribution in [-0.4, -0.2) is 22.6 Å². The molecule has 0 unspecified atom stereocenters. The van der Waals surface area contributed by atoms with Crippen molar-refractivity contribution in [3.05, 3.63) is 53.1 Å². The molecule has 6 nitrogen and oxygen atoms in total. The smallest absolute Gasteiger partial charge is 0.257 e. The Labute approximate surface area is 161 Å². The summed E-state index contributed by atoms with van der Waals surface area (Å²) in [4.78, 5) is 16.9. The quantitative estimate of drug-likeness (QED) is 0.674. The van der Waals surface area contributed by atoms with Gasteiger partial charge in [0, 0.05) is 5.56 Å². The lowest BCUT2D eigenvalue weighted by atomic mass is 10.1.